The number of hydrogen-bond acceptors (Lipinski definition) is 4. The molecule has 0 aliphatic heterocycles. The number of furan rings is 1. The molecule has 5 aromatic rings. The van der Waals surface area contributed by atoms with E-state index >= 15 is 0 Å². The summed E-state index contributed by atoms with van der Waals surface area (Å²) in [5, 5.41) is 9.13. The van der Waals surface area contributed by atoms with E-state index in [0.29, 0.717) is 23.8 Å². The second-order valence-corrected chi connectivity index (χ2v) is 6.97. The Hall–Kier alpha value is -3.80. The van der Waals surface area contributed by atoms with E-state index in [-0.39, 0.29) is 12.3 Å². The van der Waals surface area contributed by atoms with Gasteiger partial charge in [-0.25, -0.2) is 0 Å². The van der Waals surface area contributed by atoms with Gasteiger partial charge in [0.05, 0.1) is 12.1 Å². The van der Waals surface area contributed by atoms with Crippen molar-refractivity contribution in [2.75, 3.05) is 6.54 Å². The van der Waals surface area contributed by atoms with Crippen molar-refractivity contribution < 1.29 is 13.7 Å². The third kappa shape index (κ3) is 3.52. The number of amides is 1. The van der Waals surface area contributed by atoms with E-state index in [0.717, 1.165) is 22.9 Å². The Morgan fingerprint density at radius 1 is 1.03 bits per heavy atom. The third-order valence-corrected chi connectivity index (χ3v) is 4.96. The molecule has 2 N–H and O–H groups in total. The molecule has 0 radical (unpaired) electrons. The van der Waals surface area contributed by atoms with Gasteiger partial charge in [-0.3, -0.25) is 4.79 Å². The number of hydrogen-bond donors (Lipinski definition) is 2. The molecule has 0 aliphatic carbocycles. The minimum Gasteiger partial charge on any atom is -0.453 e. The SMILES string of the molecule is O=C(Cc1cc(-c2cc3ccccc3o2)on1)NCCc1c[nH]c2ccccc12. The van der Waals surface area contributed by atoms with E-state index in [2.05, 4.69) is 21.5 Å². The third-order valence-electron chi connectivity index (χ3n) is 4.96. The summed E-state index contributed by atoms with van der Waals surface area (Å²) in [6.45, 7) is 0.564. The molecule has 6 nitrogen and oxygen atoms in total. The van der Waals surface area contributed by atoms with E-state index in [9.17, 15) is 4.79 Å². The van der Waals surface area contributed by atoms with Crippen molar-refractivity contribution in [2.24, 2.45) is 0 Å². The van der Waals surface area contributed by atoms with Crippen LogP contribution in [0.2, 0.25) is 0 Å². The van der Waals surface area contributed by atoms with Gasteiger partial charge in [0.1, 0.15) is 5.58 Å². The Balaban J connectivity index is 1.19. The molecule has 1 amide bonds. The van der Waals surface area contributed by atoms with Gasteiger partial charge >= 0.3 is 0 Å². The first kappa shape index (κ1) is 17.3. The van der Waals surface area contributed by atoms with Crippen LogP contribution in [0.4, 0.5) is 0 Å². The molecule has 0 bridgehead atoms. The van der Waals surface area contributed by atoms with E-state index in [1.165, 1.54) is 10.9 Å². The van der Waals surface area contributed by atoms with Crippen LogP contribution >= 0.6 is 0 Å². The van der Waals surface area contributed by atoms with Crippen molar-refractivity contribution in [3.05, 3.63) is 78.1 Å². The van der Waals surface area contributed by atoms with Crippen molar-refractivity contribution in [2.45, 2.75) is 12.8 Å². The average Bonchev–Trinajstić information content (AvgIpc) is 3.46. The summed E-state index contributed by atoms with van der Waals surface area (Å²) < 4.78 is 11.1. The van der Waals surface area contributed by atoms with Gasteiger partial charge in [-0.2, -0.15) is 0 Å². The maximum Gasteiger partial charge on any atom is 0.226 e. The molecule has 144 valence electrons. The number of aromatic nitrogens is 2. The lowest BCUT2D eigenvalue weighted by Gasteiger charge is -2.03. The smallest absolute Gasteiger partial charge is 0.226 e. The van der Waals surface area contributed by atoms with E-state index < -0.39 is 0 Å². The highest BCUT2D eigenvalue weighted by molar-refractivity contribution is 5.84. The number of carbonyl (C=O) groups excluding carboxylic acids is 1. The molecule has 3 heterocycles. The normalized spacial score (nSPS) is 11.3. The number of carbonyl (C=O) groups is 1. The van der Waals surface area contributed by atoms with Crippen LogP contribution in [0.5, 0.6) is 0 Å². The number of rotatable bonds is 6. The van der Waals surface area contributed by atoms with Crippen LogP contribution in [-0.2, 0) is 17.6 Å². The fourth-order valence-electron chi connectivity index (χ4n) is 3.52. The van der Waals surface area contributed by atoms with Crippen LogP contribution in [-0.4, -0.2) is 22.6 Å². The van der Waals surface area contributed by atoms with Crippen molar-refractivity contribution in [1.29, 1.82) is 0 Å². The summed E-state index contributed by atoms with van der Waals surface area (Å²) in [5.74, 6) is 1.03. The number of benzene rings is 2. The molecule has 0 spiro atoms. The number of aromatic amines is 1. The Morgan fingerprint density at radius 2 is 1.90 bits per heavy atom. The zero-order valence-electron chi connectivity index (χ0n) is 15.6. The molecule has 3 aromatic heterocycles. The molecule has 0 saturated heterocycles. The standard InChI is InChI=1S/C23H19N3O3/c27-23(24-10-9-16-14-25-19-7-3-2-6-18(16)19)13-17-12-22(29-26-17)21-11-15-5-1-4-8-20(15)28-21/h1-8,11-12,14,25H,9-10,13H2,(H,24,27). The first-order chi connectivity index (χ1) is 14.3. The summed E-state index contributed by atoms with van der Waals surface area (Å²) >= 11 is 0. The van der Waals surface area contributed by atoms with Crippen LogP contribution < -0.4 is 5.32 Å². The number of H-pyrrole nitrogens is 1. The molecule has 0 aliphatic rings. The maximum absolute atomic E-state index is 12.3. The zero-order chi connectivity index (χ0) is 19.6. The summed E-state index contributed by atoms with van der Waals surface area (Å²) in [4.78, 5) is 15.5. The fraction of sp³-hybridized carbons (Fsp3) is 0.130. The molecule has 5 rings (SSSR count). The van der Waals surface area contributed by atoms with Gasteiger partial charge < -0.3 is 19.2 Å². The van der Waals surface area contributed by atoms with Crippen molar-refractivity contribution in [1.82, 2.24) is 15.5 Å². The predicted molar refractivity (Wildman–Crippen MR) is 110 cm³/mol. The first-order valence-electron chi connectivity index (χ1n) is 9.52. The van der Waals surface area contributed by atoms with Gasteiger partial charge in [-0.15, -0.1) is 0 Å². The van der Waals surface area contributed by atoms with Crippen molar-refractivity contribution in [3.63, 3.8) is 0 Å². The van der Waals surface area contributed by atoms with E-state index in [4.69, 9.17) is 8.94 Å². The summed E-state index contributed by atoms with van der Waals surface area (Å²) in [7, 11) is 0. The van der Waals surface area contributed by atoms with Crippen LogP contribution in [0, 0.1) is 0 Å². The van der Waals surface area contributed by atoms with Gasteiger partial charge in [0.25, 0.3) is 0 Å². The topological polar surface area (TPSA) is 84.1 Å². The Kier molecular flexibility index (Phi) is 4.37. The number of para-hydroxylation sites is 2. The second-order valence-electron chi connectivity index (χ2n) is 6.97. The van der Waals surface area contributed by atoms with Gasteiger partial charge in [-0.05, 0) is 30.2 Å². The van der Waals surface area contributed by atoms with Crippen molar-refractivity contribution in [3.8, 4) is 11.5 Å². The molecule has 0 atom stereocenters. The second kappa shape index (κ2) is 7.31. The average molecular weight is 385 g/mol. The van der Waals surface area contributed by atoms with Gasteiger partial charge in [0, 0.05) is 35.1 Å². The minimum atomic E-state index is -0.0886. The monoisotopic (exact) mass is 385 g/mol. The Bertz CT molecular complexity index is 1260. The first-order valence-corrected chi connectivity index (χ1v) is 9.52. The number of nitrogens with one attached hydrogen (secondary N) is 2. The molecule has 0 saturated carbocycles. The molecule has 0 fully saturated rings. The van der Waals surface area contributed by atoms with Crippen molar-refractivity contribution >= 4 is 27.8 Å². The van der Waals surface area contributed by atoms with Gasteiger partial charge in [0.2, 0.25) is 11.7 Å². The summed E-state index contributed by atoms with van der Waals surface area (Å²) in [5.41, 5.74) is 3.66. The zero-order valence-corrected chi connectivity index (χ0v) is 15.6. The van der Waals surface area contributed by atoms with Gasteiger partial charge in [0.15, 0.2) is 5.76 Å². The Morgan fingerprint density at radius 3 is 2.83 bits per heavy atom. The Labute approximate surface area is 166 Å². The quantitative estimate of drug-likeness (QED) is 0.452. The lowest BCUT2D eigenvalue weighted by molar-refractivity contribution is -0.120. The van der Waals surface area contributed by atoms with Gasteiger partial charge in [-0.1, -0.05) is 41.6 Å². The van der Waals surface area contributed by atoms with Crippen LogP contribution in [0.15, 0.2) is 75.8 Å². The highest BCUT2D eigenvalue weighted by Gasteiger charge is 2.14. The summed E-state index contributed by atoms with van der Waals surface area (Å²) in [6.07, 6.45) is 2.92. The molecule has 29 heavy (non-hydrogen) atoms. The summed E-state index contributed by atoms with van der Waals surface area (Å²) in [6, 6.07) is 19.5. The lowest BCUT2D eigenvalue weighted by atomic mass is 10.1. The minimum absolute atomic E-state index is 0.0886. The predicted octanol–water partition coefficient (Wildman–Crippen LogP) is 4.47. The molecule has 2 aromatic carbocycles. The molecule has 6 heteroatoms. The highest BCUT2D eigenvalue weighted by atomic mass is 16.5. The number of nitrogens with zero attached hydrogens (tertiary/aromatic N) is 1. The lowest BCUT2D eigenvalue weighted by Crippen LogP contribution is -2.27. The van der Waals surface area contributed by atoms with E-state index in [1.54, 1.807) is 6.07 Å². The number of fused-ring (bicyclic) bond motifs is 2. The largest absolute Gasteiger partial charge is 0.453 e. The van der Waals surface area contributed by atoms with Crippen LogP contribution in [0.25, 0.3) is 33.4 Å². The van der Waals surface area contributed by atoms with E-state index in [1.807, 2.05) is 54.7 Å². The maximum atomic E-state index is 12.3. The molecular formula is C23H19N3O3. The molecular weight excluding hydrogens is 366 g/mol. The molecule has 0 unspecified atom stereocenters. The van der Waals surface area contributed by atoms with Crippen LogP contribution in [0.1, 0.15) is 11.3 Å². The van der Waals surface area contributed by atoms with Crippen LogP contribution in [0.3, 0.4) is 0 Å². The fourth-order valence-corrected chi connectivity index (χ4v) is 3.52. The highest BCUT2D eigenvalue weighted by Crippen LogP contribution is 2.28.